The Morgan fingerprint density at radius 2 is 2.22 bits per heavy atom. The fourth-order valence-corrected chi connectivity index (χ4v) is 0.411. The van der Waals surface area contributed by atoms with Crippen molar-refractivity contribution < 1.29 is 4.85 Å². The Morgan fingerprint density at radius 1 is 1.56 bits per heavy atom. The number of nitrogens with zero attached hydrogens (tertiary/aromatic N) is 1. The minimum absolute atomic E-state index is 0.0428. The summed E-state index contributed by atoms with van der Waals surface area (Å²) in [5, 5.41) is 11.9. The van der Waals surface area contributed by atoms with Crippen molar-refractivity contribution in [1.82, 2.24) is 10.1 Å². The summed E-state index contributed by atoms with van der Waals surface area (Å²) in [6, 6.07) is 0. The molecule has 2 N–H and O–H groups in total. The van der Waals surface area contributed by atoms with Crippen LogP contribution < -0.4 is 16.1 Å². The highest BCUT2D eigenvalue weighted by molar-refractivity contribution is 4.60. The third-order valence-electron chi connectivity index (χ3n) is 0.683. The van der Waals surface area contributed by atoms with Crippen molar-refractivity contribution in [3.8, 4) is 0 Å². The third-order valence-corrected chi connectivity index (χ3v) is 0.683. The van der Waals surface area contributed by atoms with Gasteiger partial charge < -0.3 is 5.21 Å². The summed E-state index contributed by atoms with van der Waals surface area (Å²) in [7, 11) is 0. The Labute approximate surface area is 48.3 Å². The lowest BCUT2D eigenvalue weighted by molar-refractivity contribution is -0.672. The van der Waals surface area contributed by atoms with E-state index in [0.29, 0.717) is 6.20 Å². The number of H-pyrrole nitrogens is 2. The van der Waals surface area contributed by atoms with E-state index in [1.807, 2.05) is 4.98 Å². The van der Waals surface area contributed by atoms with Gasteiger partial charge in [0.2, 0.25) is 0 Å². The van der Waals surface area contributed by atoms with Gasteiger partial charge in [0, 0.05) is 0 Å². The predicted molar refractivity (Wildman–Crippen MR) is 26.6 cm³/mol. The van der Waals surface area contributed by atoms with Crippen LogP contribution in [0.1, 0.15) is 0 Å². The number of aromatic amines is 2. The maximum absolute atomic E-state index is 10.2. The molecule has 1 rings (SSSR count). The Bertz CT molecular complexity index is 282. The van der Waals surface area contributed by atoms with E-state index in [4.69, 9.17) is 0 Å². The minimum atomic E-state index is -0.808. The molecule has 0 aliphatic heterocycles. The van der Waals surface area contributed by atoms with Gasteiger partial charge in [0.25, 0.3) is 6.20 Å². The van der Waals surface area contributed by atoms with Gasteiger partial charge >= 0.3 is 11.2 Å². The van der Waals surface area contributed by atoms with Crippen molar-refractivity contribution in [2.24, 2.45) is 0 Å². The topological polar surface area (TPSA) is 92.7 Å². The maximum Gasteiger partial charge on any atom is 0.375 e. The monoisotopic (exact) mass is 129 g/mol. The molecule has 0 spiro atoms. The van der Waals surface area contributed by atoms with E-state index in [0.717, 1.165) is 0 Å². The Kier molecular flexibility index (Phi) is 1.07. The minimum Gasteiger partial charge on any atom is -0.596 e. The van der Waals surface area contributed by atoms with E-state index in [1.165, 1.54) is 0 Å². The average Bonchev–Trinajstić information content (AvgIpc) is 1.59. The summed E-state index contributed by atoms with van der Waals surface area (Å²) in [4.78, 5) is 22.3. The number of hydrogen-bond acceptors (Lipinski definition) is 3. The molecule has 0 bridgehead atoms. The molecule has 0 saturated carbocycles. The van der Waals surface area contributed by atoms with Crippen LogP contribution in [0.4, 0.5) is 0 Å². The molecule has 6 nitrogen and oxygen atoms in total. The van der Waals surface area contributed by atoms with Crippen LogP contribution in [0, 0.1) is 5.21 Å². The first kappa shape index (κ1) is 5.54. The van der Waals surface area contributed by atoms with Crippen molar-refractivity contribution in [3.63, 3.8) is 0 Å². The second-order valence-corrected chi connectivity index (χ2v) is 1.39. The molecule has 0 amide bonds. The molecule has 0 aromatic carbocycles. The van der Waals surface area contributed by atoms with Crippen molar-refractivity contribution in [1.29, 1.82) is 0 Å². The Balaban J connectivity index is 3.52. The fourth-order valence-electron chi connectivity index (χ4n) is 0.411. The maximum atomic E-state index is 10.2. The van der Waals surface area contributed by atoms with Crippen LogP contribution in [0.25, 0.3) is 0 Å². The van der Waals surface area contributed by atoms with Crippen molar-refractivity contribution in [2.75, 3.05) is 0 Å². The first-order valence-electron chi connectivity index (χ1n) is 2.11. The molecular formula is C3H3N3O3. The summed E-state index contributed by atoms with van der Waals surface area (Å²) >= 11 is 0. The molecule has 0 atom stereocenters. The summed E-state index contributed by atoms with van der Waals surface area (Å²) in [5.74, 6) is 0. The standard InChI is InChI=1S/C3H3N3O3/c7-2-1-6(9)5-3(8)4-2/h1H,(H2,4,5,7,8). The Hall–Kier alpha value is -1.59. The van der Waals surface area contributed by atoms with Crippen LogP contribution in [-0.4, -0.2) is 10.1 Å². The number of rotatable bonds is 0. The van der Waals surface area contributed by atoms with Gasteiger partial charge in [0.15, 0.2) is 0 Å². The highest BCUT2D eigenvalue weighted by Crippen LogP contribution is 1.39. The molecule has 0 saturated heterocycles. The van der Waals surface area contributed by atoms with Crippen LogP contribution >= 0.6 is 0 Å². The molecule has 1 aromatic heterocycles. The lowest BCUT2D eigenvalue weighted by atomic mass is 10.9. The number of aromatic nitrogens is 3. The van der Waals surface area contributed by atoms with Crippen LogP contribution in [0.5, 0.6) is 0 Å². The molecule has 1 aromatic rings. The lowest BCUT2D eigenvalue weighted by Gasteiger charge is -1.87. The van der Waals surface area contributed by atoms with Crippen molar-refractivity contribution >= 4 is 0 Å². The van der Waals surface area contributed by atoms with Gasteiger partial charge in [-0.2, -0.15) is 0 Å². The highest BCUT2D eigenvalue weighted by Gasteiger charge is 1.91. The Morgan fingerprint density at radius 3 is 2.67 bits per heavy atom. The molecule has 9 heavy (non-hydrogen) atoms. The molecule has 0 unspecified atom stereocenters. The van der Waals surface area contributed by atoms with Gasteiger partial charge in [0.1, 0.15) is 0 Å². The van der Waals surface area contributed by atoms with E-state index >= 15 is 0 Å². The van der Waals surface area contributed by atoms with Gasteiger partial charge in [-0.1, -0.05) is 9.94 Å². The SMILES string of the molecule is O=c1c[n+]([O-])[nH]c(=O)[nH]1. The van der Waals surface area contributed by atoms with Crippen molar-refractivity contribution in [2.45, 2.75) is 0 Å². The molecule has 0 radical (unpaired) electrons. The van der Waals surface area contributed by atoms with Crippen molar-refractivity contribution in [3.05, 3.63) is 32.2 Å². The van der Waals surface area contributed by atoms with Gasteiger partial charge in [-0.15, -0.1) is 0 Å². The fraction of sp³-hybridized carbons (Fsp3) is 0. The van der Waals surface area contributed by atoms with E-state index in [1.54, 1.807) is 5.10 Å². The zero-order chi connectivity index (χ0) is 6.85. The van der Waals surface area contributed by atoms with E-state index in [2.05, 4.69) is 0 Å². The molecule has 1 heterocycles. The van der Waals surface area contributed by atoms with Crippen LogP contribution in [0.3, 0.4) is 0 Å². The molecule has 0 fully saturated rings. The molecule has 0 aliphatic rings. The van der Waals surface area contributed by atoms with E-state index in [-0.39, 0.29) is 4.85 Å². The summed E-state index contributed by atoms with van der Waals surface area (Å²) < 4.78 is 0. The molecule has 6 heteroatoms. The summed E-state index contributed by atoms with van der Waals surface area (Å²) in [5.41, 5.74) is -1.52. The van der Waals surface area contributed by atoms with Gasteiger partial charge in [-0.3, -0.25) is 9.78 Å². The number of hydrogen-bond donors (Lipinski definition) is 2. The molecule has 48 valence electrons. The third kappa shape index (κ3) is 1.15. The van der Waals surface area contributed by atoms with Gasteiger partial charge in [0.05, 0.1) is 0 Å². The van der Waals surface area contributed by atoms with Crippen LogP contribution in [0.15, 0.2) is 15.8 Å². The largest absolute Gasteiger partial charge is 0.596 e. The van der Waals surface area contributed by atoms with Gasteiger partial charge in [-0.25, -0.2) is 4.79 Å². The number of nitrogens with one attached hydrogen (secondary N) is 2. The highest BCUT2D eigenvalue weighted by atomic mass is 16.5. The quantitative estimate of drug-likeness (QED) is 0.304. The second kappa shape index (κ2) is 1.73. The summed E-state index contributed by atoms with van der Waals surface area (Å²) in [6.45, 7) is 0. The average molecular weight is 129 g/mol. The molecular weight excluding hydrogens is 126 g/mol. The molecule has 0 aliphatic carbocycles. The van der Waals surface area contributed by atoms with Crippen LogP contribution in [0.2, 0.25) is 0 Å². The van der Waals surface area contributed by atoms with E-state index < -0.39 is 11.2 Å². The van der Waals surface area contributed by atoms with E-state index in [9.17, 15) is 14.8 Å². The zero-order valence-electron chi connectivity index (χ0n) is 4.25. The smallest absolute Gasteiger partial charge is 0.375 e. The normalized spacial score (nSPS) is 9.33. The van der Waals surface area contributed by atoms with Gasteiger partial charge in [-0.05, 0) is 0 Å². The summed E-state index contributed by atoms with van der Waals surface area (Å²) in [6.07, 6.45) is 0.682. The lowest BCUT2D eigenvalue weighted by Crippen LogP contribution is -2.43. The first-order chi connectivity index (χ1) is 4.18. The zero-order valence-corrected chi connectivity index (χ0v) is 4.25. The predicted octanol–water partition coefficient (Wildman–Crippen LogP) is -2.30. The first-order valence-corrected chi connectivity index (χ1v) is 2.11. The van der Waals surface area contributed by atoms with Crippen LogP contribution in [-0.2, 0) is 0 Å². The second-order valence-electron chi connectivity index (χ2n) is 1.39.